The van der Waals surface area contributed by atoms with Crippen LogP contribution in [0, 0.1) is 5.41 Å². The lowest BCUT2D eigenvalue weighted by atomic mass is 9.86. The number of likely N-dealkylation sites (N-methyl/N-ethyl adjacent to an activating group) is 1. The van der Waals surface area contributed by atoms with Crippen molar-refractivity contribution in [3.63, 3.8) is 0 Å². The van der Waals surface area contributed by atoms with E-state index in [1.165, 1.54) is 19.5 Å². The molecule has 14 heavy (non-hydrogen) atoms. The zero-order chi connectivity index (χ0) is 10.8. The van der Waals surface area contributed by atoms with E-state index < -0.39 is 0 Å². The molecule has 2 unspecified atom stereocenters. The maximum atomic E-state index is 3.58. The summed E-state index contributed by atoms with van der Waals surface area (Å²) >= 11 is 0. The van der Waals surface area contributed by atoms with E-state index in [0.29, 0.717) is 11.5 Å². The summed E-state index contributed by atoms with van der Waals surface area (Å²) in [5.74, 6) is 0. The highest BCUT2D eigenvalue weighted by molar-refractivity contribution is 4.86. The zero-order valence-corrected chi connectivity index (χ0v) is 10.4. The number of nitrogens with one attached hydrogen (secondary N) is 1. The standard InChI is InChI=1S/C12H26N2/c1-6-14-9-10(2)13-8-11(14)7-12(3,4)5/h10-11,13H,6-9H2,1-5H3. The summed E-state index contributed by atoms with van der Waals surface area (Å²) in [5, 5.41) is 3.58. The Balaban J connectivity index is 2.50. The summed E-state index contributed by atoms with van der Waals surface area (Å²) in [6.07, 6.45) is 1.29. The van der Waals surface area contributed by atoms with Gasteiger partial charge in [-0.2, -0.15) is 0 Å². The highest BCUT2D eigenvalue weighted by Crippen LogP contribution is 2.24. The molecule has 1 heterocycles. The maximum Gasteiger partial charge on any atom is 0.0226 e. The monoisotopic (exact) mass is 198 g/mol. The number of rotatable bonds is 2. The topological polar surface area (TPSA) is 15.3 Å². The van der Waals surface area contributed by atoms with Crippen LogP contribution in [-0.2, 0) is 0 Å². The van der Waals surface area contributed by atoms with Crippen molar-refractivity contribution >= 4 is 0 Å². The normalized spacial score (nSPS) is 30.6. The summed E-state index contributed by atoms with van der Waals surface area (Å²) in [6.45, 7) is 15.1. The average molecular weight is 198 g/mol. The van der Waals surface area contributed by atoms with Gasteiger partial charge in [0.25, 0.3) is 0 Å². The molecule has 0 aromatic rings. The lowest BCUT2D eigenvalue weighted by Crippen LogP contribution is -2.56. The van der Waals surface area contributed by atoms with Crippen LogP contribution < -0.4 is 5.32 Å². The number of nitrogens with zero attached hydrogens (tertiary/aromatic N) is 1. The fraction of sp³-hybridized carbons (Fsp3) is 1.00. The molecule has 84 valence electrons. The molecule has 0 radical (unpaired) electrons. The van der Waals surface area contributed by atoms with E-state index in [1.807, 2.05) is 0 Å². The van der Waals surface area contributed by atoms with Crippen LogP contribution >= 0.6 is 0 Å². The van der Waals surface area contributed by atoms with Crippen LogP contribution in [0.3, 0.4) is 0 Å². The van der Waals surface area contributed by atoms with E-state index in [4.69, 9.17) is 0 Å². The molecule has 0 aliphatic carbocycles. The molecule has 1 saturated heterocycles. The molecule has 0 aromatic carbocycles. The van der Waals surface area contributed by atoms with Gasteiger partial charge in [0.05, 0.1) is 0 Å². The molecular weight excluding hydrogens is 172 g/mol. The van der Waals surface area contributed by atoms with E-state index in [-0.39, 0.29) is 0 Å². The van der Waals surface area contributed by atoms with Gasteiger partial charge in [-0.1, -0.05) is 27.7 Å². The molecule has 0 saturated carbocycles. The van der Waals surface area contributed by atoms with Crippen molar-refractivity contribution in [1.29, 1.82) is 0 Å². The second kappa shape index (κ2) is 4.63. The Morgan fingerprint density at radius 2 is 2.00 bits per heavy atom. The third kappa shape index (κ3) is 3.58. The second-order valence-electron chi connectivity index (χ2n) is 5.82. The maximum absolute atomic E-state index is 3.58. The minimum atomic E-state index is 0.445. The first-order valence-corrected chi connectivity index (χ1v) is 5.90. The molecule has 2 nitrogen and oxygen atoms in total. The Kier molecular flexibility index (Phi) is 3.96. The summed E-state index contributed by atoms with van der Waals surface area (Å²) in [4.78, 5) is 2.62. The van der Waals surface area contributed by atoms with Crippen LogP contribution in [-0.4, -0.2) is 36.6 Å². The molecule has 0 aromatic heterocycles. The van der Waals surface area contributed by atoms with E-state index >= 15 is 0 Å². The highest BCUT2D eigenvalue weighted by atomic mass is 15.2. The van der Waals surface area contributed by atoms with Crippen LogP contribution in [0.15, 0.2) is 0 Å². The van der Waals surface area contributed by atoms with Crippen molar-refractivity contribution in [1.82, 2.24) is 10.2 Å². The Hall–Kier alpha value is -0.0800. The molecule has 0 bridgehead atoms. The first kappa shape index (κ1) is 12.0. The van der Waals surface area contributed by atoms with E-state index in [9.17, 15) is 0 Å². The zero-order valence-electron chi connectivity index (χ0n) is 10.4. The van der Waals surface area contributed by atoms with Crippen molar-refractivity contribution in [2.75, 3.05) is 19.6 Å². The van der Waals surface area contributed by atoms with Crippen molar-refractivity contribution in [3.8, 4) is 0 Å². The fourth-order valence-corrected chi connectivity index (χ4v) is 2.33. The largest absolute Gasteiger partial charge is 0.311 e. The molecule has 0 amide bonds. The Bertz CT molecular complexity index is 172. The average Bonchev–Trinajstić information content (AvgIpc) is 2.06. The van der Waals surface area contributed by atoms with Gasteiger partial charge in [0, 0.05) is 25.2 Å². The molecule has 2 heteroatoms. The van der Waals surface area contributed by atoms with Gasteiger partial charge in [0.15, 0.2) is 0 Å². The highest BCUT2D eigenvalue weighted by Gasteiger charge is 2.27. The van der Waals surface area contributed by atoms with Gasteiger partial charge in [-0.25, -0.2) is 0 Å². The van der Waals surface area contributed by atoms with Gasteiger partial charge in [-0.15, -0.1) is 0 Å². The quantitative estimate of drug-likeness (QED) is 0.731. The third-order valence-corrected chi connectivity index (χ3v) is 2.98. The molecule has 1 aliphatic heterocycles. The van der Waals surface area contributed by atoms with Crippen LogP contribution in [0.5, 0.6) is 0 Å². The van der Waals surface area contributed by atoms with Crippen LogP contribution in [0.1, 0.15) is 41.0 Å². The van der Waals surface area contributed by atoms with Crippen LogP contribution in [0.25, 0.3) is 0 Å². The minimum absolute atomic E-state index is 0.445. The minimum Gasteiger partial charge on any atom is -0.311 e. The van der Waals surface area contributed by atoms with Crippen LogP contribution in [0.4, 0.5) is 0 Å². The van der Waals surface area contributed by atoms with Crippen molar-refractivity contribution in [2.24, 2.45) is 5.41 Å². The molecule has 1 N–H and O–H groups in total. The first-order chi connectivity index (χ1) is 6.42. The lowest BCUT2D eigenvalue weighted by molar-refractivity contribution is 0.107. The van der Waals surface area contributed by atoms with Crippen LogP contribution in [0.2, 0.25) is 0 Å². The molecule has 2 atom stereocenters. The third-order valence-electron chi connectivity index (χ3n) is 2.98. The predicted octanol–water partition coefficient (Wildman–Crippen LogP) is 2.10. The van der Waals surface area contributed by atoms with Gasteiger partial charge in [0.1, 0.15) is 0 Å². The summed E-state index contributed by atoms with van der Waals surface area (Å²) in [7, 11) is 0. The number of hydrogen-bond donors (Lipinski definition) is 1. The second-order valence-corrected chi connectivity index (χ2v) is 5.82. The van der Waals surface area contributed by atoms with Gasteiger partial charge in [0.2, 0.25) is 0 Å². The molecule has 1 aliphatic rings. The van der Waals surface area contributed by atoms with E-state index in [2.05, 4.69) is 44.8 Å². The molecule has 1 rings (SSSR count). The Morgan fingerprint density at radius 1 is 1.36 bits per heavy atom. The fourth-order valence-electron chi connectivity index (χ4n) is 2.33. The van der Waals surface area contributed by atoms with E-state index in [0.717, 1.165) is 12.6 Å². The van der Waals surface area contributed by atoms with Gasteiger partial charge >= 0.3 is 0 Å². The Labute approximate surface area is 89.1 Å². The lowest BCUT2D eigenvalue weighted by Gasteiger charge is -2.41. The summed E-state index contributed by atoms with van der Waals surface area (Å²) in [5.41, 5.74) is 0.445. The summed E-state index contributed by atoms with van der Waals surface area (Å²) in [6, 6.07) is 1.39. The number of piperazine rings is 1. The first-order valence-electron chi connectivity index (χ1n) is 5.90. The van der Waals surface area contributed by atoms with Gasteiger partial charge in [-0.3, -0.25) is 4.90 Å². The van der Waals surface area contributed by atoms with Gasteiger partial charge in [-0.05, 0) is 25.3 Å². The predicted molar refractivity (Wildman–Crippen MR) is 62.6 cm³/mol. The molecule has 0 spiro atoms. The molecular formula is C12H26N2. The smallest absolute Gasteiger partial charge is 0.0226 e. The van der Waals surface area contributed by atoms with Crippen molar-refractivity contribution in [2.45, 2.75) is 53.1 Å². The Morgan fingerprint density at radius 3 is 2.50 bits per heavy atom. The van der Waals surface area contributed by atoms with E-state index in [1.54, 1.807) is 0 Å². The SMILES string of the molecule is CCN1CC(C)NCC1CC(C)(C)C. The summed E-state index contributed by atoms with van der Waals surface area (Å²) < 4.78 is 0. The van der Waals surface area contributed by atoms with Gasteiger partial charge < -0.3 is 5.32 Å². The molecule has 1 fully saturated rings. The van der Waals surface area contributed by atoms with Crippen molar-refractivity contribution in [3.05, 3.63) is 0 Å². The van der Waals surface area contributed by atoms with Crippen molar-refractivity contribution < 1.29 is 0 Å². The number of hydrogen-bond acceptors (Lipinski definition) is 2.